The Bertz CT molecular complexity index is 619. The van der Waals surface area contributed by atoms with Crippen molar-refractivity contribution < 1.29 is 9.18 Å². The number of benzene rings is 2. The molecule has 1 atom stereocenters. The van der Waals surface area contributed by atoms with Crippen LogP contribution in [-0.2, 0) is 0 Å². The predicted octanol–water partition coefficient (Wildman–Crippen LogP) is 4.20. The first-order chi connectivity index (χ1) is 8.65. The highest BCUT2D eigenvalue weighted by Crippen LogP contribution is 2.39. The second-order valence-electron chi connectivity index (χ2n) is 4.46. The topological polar surface area (TPSA) is 17.1 Å². The normalized spacial score (nSPS) is 17.9. The van der Waals surface area contributed by atoms with Gasteiger partial charge < -0.3 is 0 Å². The Morgan fingerprint density at radius 3 is 2.56 bits per heavy atom. The molecule has 1 aliphatic carbocycles. The fourth-order valence-electron chi connectivity index (χ4n) is 2.47. The molecule has 90 valence electrons. The van der Waals surface area contributed by atoms with Crippen LogP contribution in [0.4, 0.5) is 4.39 Å². The van der Waals surface area contributed by atoms with Gasteiger partial charge in [-0.25, -0.2) is 4.39 Å². The van der Waals surface area contributed by atoms with Gasteiger partial charge in [-0.15, -0.1) is 0 Å². The average molecular weight is 261 g/mol. The van der Waals surface area contributed by atoms with Gasteiger partial charge in [-0.1, -0.05) is 23.7 Å². The summed E-state index contributed by atoms with van der Waals surface area (Å²) >= 11 is 5.98. The second kappa shape index (κ2) is 4.21. The minimum Gasteiger partial charge on any atom is -0.294 e. The Balaban J connectivity index is 2.09. The van der Waals surface area contributed by atoms with Gasteiger partial charge in [-0.05, 0) is 41.5 Å². The fraction of sp³-hybridized carbons (Fsp3) is 0.133. The quantitative estimate of drug-likeness (QED) is 0.751. The van der Waals surface area contributed by atoms with Gasteiger partial charge in [0.2, 0.25) is 0 Å². The third-order valence-electron chi connectivity index (χ3n) is 3.35. The Morgan fingerprint density at radius 1 is 1.11 bits per heavy atom. The Morgan fingerprint density at radius 2 is 1.83 bits per heavy atom. The van der Waals surface area contributed by atoms with Crippen molar-refractivity contribution in [3.8, 4) is 0 Å². The van der Waals surface area contributed by atoms with E-state index in [4.69, 9.17) is 11.6 Å². The monoisotopic (exact) mass is 260 g/mol. The van der Waals surface area contributed by atoms with Crippen LogP contribution in [0.15, 0.2) is 42.5 Å². The highest BCUT2D eigenvalue weighted by atomic mass is 35.5. The summed E-state index contributed by atoms with van der Waals surface area (Å²) in [6.07, 6.45) is 0.432. The number of halogens is 2. The lowest BCUT2D eigenvalue weighted by atomic mass is 9.93. The molecule has 0 amide bonds. The molecular formula is C15H10ClFO. The van der Waals surface area contributed by atoms with Crippen LogP contribution in [0.2, 0.25) is 5.02 Å². The molecule has 2 aromatic rings. The highest BCUT2D eigenvalue weighted by Gasteiger charge is 2.30. The van der Waals surface area contributed by atoms with E-state index in [9.17, 15) is 9.18 Å². The molecule has 0 aliphatic heterocycles. The van der Waals surface area contributed by atoms with Crippen molar-refractivity contribution in [1.82, 2.24) is 0 Å². The van der Waals surface area contributed by atoms with E-state index in [0.717, 1.165) is 16.7 Å². The number of ketones is 1. The summed E-state index contributed by atoms with van der Waals surface area (Å²) in [6.45, 7) is 0. The van der Waals surface area contributed by atoms with Crippen molar-refractivity contribution >= 4 is 17.4 Å². The molecule has 1 nitrogen and oxygen atoms in total. The molecule has 1 aliphatic rings. The van der Waals surface area contributed by atoms with Crippen LogP contribution in [0.5, 0.6) is 0 Å². The van der Waals surface area contributed by atoms with Crippen LogP contribution in [0.1, 0.15) is 33.8 Å². The van der Waals surface area contributed by atoms with Gasteiger partial charge >= 0.3 is 0 Å². The van der Waals surface area contributed by atoms with Crippen molar-refractivity contribution in [3.05, 3.63) is 70.0 Å². The Hall–Kier alpha value is -1.67. The van der Waals surface area contributed by atoms with Crippen LogP contribution >= 0.6 is 11.6 Å². The van der Waals surface area contributed by atoms with E-state index >= 15 is 0 Å². The molecule has 0 spiro atoms. The maximum Gasteiger partial charge on any atom is 0.164 e. The van der Waals surface area contributed by atoms with Crippen molar-refractivity contribution in [2.24, 2.45) is 0 Å². The SMILES string of the molecule is O=C1C[C@@H](c2ccc(F)cc2)c2cc(Cl)ccc21. The zero-order valence-electron chi connectivity index (χ0n) is 9.49. The standard InChI is InChI=1S/C15H10ClFO/c16-10-3-6-12-14(7-10)13(8-15(12)18)9-1-4-11(17)5-2-9/h1-7,13H,8H2/t13-/m0/s1. The maximum atomic E-state index is 12.9. The molecular weight excluding hydrogens is 251 g/mol. The van der Waals surface area contributed by atoms with Crippen LogP contribution in [-0.4, -0.2) is 5.78 Å². The summed E-state index contributed by atoms with van der Waals surface area (Å²) in [7, 11) is 0. The summed E-state index contributed by atoms with van der Waals surface area (Å²) in [5, 5.41) is 0.621. The average Bonchev–Trinajstić information content (AvgIpc) is 2.67. The Kier molecular flexibility index (Phi) is 2.67. The number of fused-ring (bicyclic) bond motifs is 1. The summed E-state index contributed by atoms with van der Waals surface area (Å²) in [6, 6.07) is 11.6. The molecule has 18 heavy (non-hydrogen) atoms. The molecule has 0 saturated heterocycles. The van der Waals surface area contributed by atoms with E-state index in [2.05, 4.69) is 0 Å². The molecule has 0 N–H and O–H groups in total. The van der Waals surface area contributed by atoms with Crippen LogP contribution in [0.25, 0.3) is 0 Å². The van der Waals surface area contributed by atoms with Crippen LogP contribution in [0.3, 0.4) is 0 Å². The lowest BCUT2D eigenvalue weighted by Gasteiger charge is -2.11. The molecule has 0 radical (unpaired) electrons. The predicted molar refractivity (Wildman–Crippen MR) is 68.6 cm³/mol. The van der Waals surface area contributed by atoms with Gasteiger partial charge in [-0.2, -0.15) is 0 Å². The second-order valence-corrected chi connectivity index (χ2v) is 4.90. The minimum absolute atomic E-state index is 0.00759. The van der Waals surface area contributed by atoms with Crippen molar-refractivity contribution in [2.75, 3.05) is 0 Å². The van der Waals surface area contributed by atoms with Crippen molar-refractivity contribution in [2.45, 2.75) is 12.3 Å². The first-order valence-electron chi connectivity index (χ1n) is 5.73. The van der Waals surface area contributed by atoms with Gasteiger partial charge in [0, 0.05) is 22.9 Å². The van der Waals surface area contributed by atoms with Gasteiger partial charge in [0.25, 0.3) is 0 Å². The number of carbonyl (C=O) groups excluding carboxylic acids is 1. The van der Waals surface area contributed by atoms with Gasteiger partial charge in [0.1, 0.15) is 5.82 Å². The van der Waals surface area contributed by atoms with Crippen LogP contribution < -0.4 is 0 Å². The van der Waals surface area contributed by atoms with E-state index < -0.39 is 0 Å². The van der Waals surface area contributed by atoms with Gasteiger partial charge in [0.05, 0.1) is 0 Å². The first kappa shape index (κ1) is 11.4. The lowest BCUT2D eigenvalue weighted by Crippen LogP contribution is -1.96. The number of Topliss-reactive ketones (excluding diaryl/α,β-unsaturated/α-hetero) is 1. The van der Waals surface area contributed by atoms with E-state index in [1.165, 1.54) is 12.1 Å². The zero-order chi connectivity index (χ0) is 12.7. The number of hydrogen-bond donors (Lipinski definition) is 0. The summed E-state index contributed by atoms with van der Waals surface area (Å²) in [4.78, 5) is 11.9. The molecule has 2 aromatic carbocycles. The van der Waals surface area contributed by atoms with Crippen LogP contribution in [0, 0.1) is 5.82 Å². The molecule has 3 heteroatoms. The lowest BCUT2D eigenvalue weighted by molar-refractivity contribution is 0.0991. The third kappa shape index (κ3) is 1.83. The maximum absolute atomic E-state index is 12.9. The molecule has 0 aromatic heterocycles. The molecule has 0 saturated carbocycles. The third-order valence-corrected chi connectivity index (χ3v) is 3.59. The summed E-state index contributed by atoms with van der Waals surface area (Å²) < 4.78 is 12.9. The number of rotatable bonds is 1. The van der Waals surface area contributed by atoms with E-state index in [1.807, 2.05) is 6.07 Å². The van der Waals surface area contributed by atoms with E-state index in [1.54, 1.807) is 24.3 Å². The smallest absolute Gasteiger partial charge is 0.164 e. The van der Waals surface area contributed by atoms with Gasteiger partial charge in [-0.3, -0.25) is 4.79 Å². The molecule has 0 bridgehead atoms. The van der Waals surface area contributed by atoms with Gasteiger partial charge in [0.15, 0.2) is 5.78 Å². The van der Waals surface area contributed by atoms with Crippen molar-refractivity contribution in [3.63, 3.8) is 0 Å². The molecule has 3 rings (SSSR count). The largest absolute Gasteiger partial charge is 0.294 e. The molecule has 0 heterocycles. The summed E-state index contributed by atoms with van der Waals surface area (Å²) in [5.74, 6) is -0.155. The fourth-order valence-corrected chi connectivity index (χ4v) is 2.65. The van der Waals surface area contributed by atoms with E-state index in [0.29, 0.717) is 11.4 Å². The van der Waals surface area contributed by atoms with E-state index in [-0.39, 0.29) is 17.5 Å². The Labute approximate surface area is 109 Å². The molecule has 0 fully saturated rings. The first-order valence-corrected chi connectivity index (χ1v) is 6.11. The summed E-state index contributed by atoms with van der Waals surface area (Å²) in [5.41, 5.74) is 2.62. The van der Waals surface area contributed by atoms with Crippen molar-refractivity contribution in [1.29, 1.82) is 0 Å². The zero-order valence-corrected chi connectivity index (χ0v) is 10.2. The number of carbonyl (C=O) groups is 1. The highest BCUT2D eigenvalue weighted by molar-refractivity contribution is 6.30. The minimum atomic E-state index is -0.269. The number of hydrogen-bond acceptors (Lipinski definition) is 1. The molecule has 0 unspecified atom stereocenters.